The fraction of sp³-hybridized carbons (Fsp3) is 0.381. The van der Waals surface area contributed by atoms with Crippen molar-refractivity contribution in [1.82, 2.24) is 29.9 Å². The first-order valence-corrected chi connectivity index (χ1v) is 10.1. The minimum Gasteiger partial charge on any atom is -0.444 e. The number of nitrogens with one attached hydrogen (secondary N) is 1. The van der Waals surface area contributed by atoms with Gasteiger partial charge in [-0.1, -0.05) is 17.3 Å². The minimum absolute atomic E-state index is 0.0110. The molecule has 1 saturated heterocycles. The Hall–Kier alpha value is -3.69. The summed E-state index contributed by atoms with van der Waals surface area (Å²) < 4.78 is 12.4. The third kappa shape index (κ3) is 3.33. The Labute approximate surface area is 178 Å². The molecular formula is C21H22N6O4. The van der Waals surface area contributed by atoms with E-state index in [2.05, 4.69) is 20.4 Å². The summed E-state index contributed by atoms with van der Waals surface area (Å²) in [4.78, 5) is 35.6. The number of carbonyl (C=O) groups excluding carboxylic acids is 2. The van der Waals surface area contributed by atoms with E-state index in [1.807, 2.05) is 33.7 Å². The van der Waals surface area contributed by atoms with E-state index in [1.165, 1.54) is 0 Å². The summed E-state index contributed by atoms with van der Waals surface area (Å²) in [5.41, 5.74) is 2.25. The molecule has 5 rings (SSSR count). The third-order valence-corrected chi connectivity index (χ3v) is 5.26. The van der Waals surface area contributed by atoms with Gasteiger partial charge in [-0.25, -0.2) is 9.78 Å². The number of fused-ring (bicyclic) bond motifs is 5. The Morgan fingerprint density at radius 3 is 2.87 bits per heavy atom. The van der Waals surface area contributed by atoms with Crippen LogP contribution in [0, 0.1) is 0 Å². The van der Waals surface area contributed by atoms with Crippen LogP contribution in [0.15, 0.2) is 35.1 Å². The van der Waals surface area contributed by atoms with Gasteiger partial charge in [0.15, 0.2) is 0 Å². The van der Waals surface area contributed by atoms with Crippen LogP contribution >= 0.6 is 0 Å². The number of imidazole rings is 1. The second kappa shape index (κ2) is 6.93. The standard InChI is InChI=1S/C21H22N6O4/c1-21(2,3)30-20(29)22-10-15-24-18(25-31-15)16-17-14-8-9-26(14)19(28)12-6-4-5-7-13(12)27(17)11-23-16/h4-7,11,14H,8-10H2,1-3H3,(H,22,29)/t14-/m0/s1. The molecule has 0 saturated carbocycles. The van der Waals surface area contributed by atoms with E-state index in [0.29, 0.717) is 23.6 Å². The van der Waals surface area contributed by atoms with Crippen molar-refractivity contribution in [2.45, 2.75) is 45.4 Å². The number of aromatic nitrogens is 4. The Morgan fingerprint density at radius 2 is 2.13 bits per heavy atom. The van der Waals surface area contributed by atoms with Gasteiger partial charge in [0, 0.05) is 6.54 Å². The van der Waals surface area contributed by atoms with Crippen LogP contribution in [0.3, 0.4) is 0 Å². The molecule has 0 aliphatic carbocycles. The number of amides is 2. The predicted octanol–water partition coefficient (Wildman–Crippen LogP) is 2.85. The van der Waals surface area contributed by atoms with Gasteiger partial charge in [0.05, 0.1) is 23.0 Å². The topological polar surface area (TPSA) is 115 Å². The molecule has 0 radical (unpaired) electrons. The highest BCUT2D eigenvalue weighted by molar-refractivity contribution is 5.99. The van der Waals surface area contributed by atoms with Crippen molar-refractivity contribution in [2.24, 2.45) is 0 Å². The second-order valence-corrected chi connectivity index (χ2v) is 8.54. The second-order valence-electron chi connectivity index (χ2n) is 8.54. The molecule has 2 aliphatic heterocycles. The van der Waals surface area contributed by atoms with Crippen LogP contribution in [0.2, 0.25) is 0 Å². The number of benzene rings is 1. The van der Waals surface area contributed by atoms with Crippen LogP contribution < -0.4 is 5.32 Å². The lowest BCUT2D eigenvalue weighted by molar-refractivity contribution is 0.0460. The SMILES string of the molecule is CC(C)(C)OC(=O)NCc1nc(-c2ncn3c2[C@@H]2CCN2C(=O)c2ccccc2-3)no1. The van der Waals surface area contributed by atoms with Gasteiger partial charge in [0.25, 0.3) is 5.91 Å². The Bertz CT molecular complexity index is 1170. The summed E-state index contributed by atoms with van der Waals surface area (Å²) in [6.45, 7) is 6.09. The monoisotopic (exact) mass is 422 g/mol. The highest BCUT2D eigenvalue weighted by Crippen LogP contribution is 2.42. The van der Waals surface area contributed by atoms with Crippen molar-refractivity contribution in [1.29, 1.82) is 0 Å². The van der Waals surface area contributed by atoms with Crippen molar-refractivity contribution in [2.75, 3.05) is 6.54 Å². The van der Waals surface area contributed by atoms with E-state index in [-0.39, 0.29) is 24.4 Å². The zero-order valence-electron chi connectivity index (χ0n) is 17.5. The number of carbonyl (C=O) groups is 2. The molecule has 1 atom stereocenters. The van der Waals surface area contributed by atoms with E-state index in [4.69, 9.17) is 9.26 Å². The molecule has 10 nitrogen and oxygen atoms in total. The zero-order chi connectivity index (χ0) is 21.8. The highest BCUT2D eigenvalue weighted by atomic mass is 16.6. The summed E-state index contributed by atoms with van der Waals surface area (Å²) in [7, 11) is 0. The smallest absolute Gasteiger partial charge is 0.408 e. The molecule has 31 heavy (non-hydrogen) atoms. The van der Waals surface area contributed by atoms with E-state index in [9.17, 15) is 9.59 Å². The number of hydrogen-bond acceptors (Lipinski definition) is 7. The summed E-state index contributed by atoms with van der Waals surface area (Å²) in [6.07, 6.45) is 1.96. The minimum atomic E-state index is -0.597. The lowest BCUT2D eigenvalue weighted by Gasteiger charge is -2.39. The molecule has 4 heterocycles. The van der Waals surface area contributed by atoms with Gasteiger partial charge in [-0.05, 0) is 39.3 Å². The van der Waals surface area contributed by atoms with Gasteiger partial charge >= 0.3 is 6.09 Å². The van der Waals surface area contributed by atoms with E-state index >= 15 is 0 Å². The number of nitrogens with zero attached hydrogens (tertiary/aromatic N) is 5. The van der Waals surface area contributed by atoms with Crippen LogP contribution in [0.4, 0.5) is 4.79 Å². The first-order chi connectivity index (χ1) is 14.8. The molecule has 160 valence electrons. The highest BCUT2D eigenvalue weighted by Gasteiger charge is 2.42. The number of alkyl carbamates (subject to hydrolysis) is 1. The molecule has 2 aromatic heterocycles. The van der Waals surface area contributed by atoms with Gasteiger partial charge in [-0.15, -0.1) is 0 Å². The molecule has 2 aliphatic rings. The summed E-state index contributed by atoms with van der Waals surface area (Å²) in [5, 5.41) is 6.65. The number of para-hydroxylation sites is 1. The zero-order valence-corrected chi connectivity index (χ0v) is 17.5. The molecule has 0 spiro atoms. The van der Waals surface area contributed by atoms with Crippen LogP contribution in [0.5, 0.6) is 0 Å². The molecule has 0 unspecified atom stereocenters. The largest absolute Gasteiger partial charge is 0.444 e. The summed E-state index contributed by atoms with van der Waals surface area (Å²) in [6, 6.07) is 7.39. The molecule has 1 N–H and O–H groups in total. The third-order valence-electron chi connectivity index (χ3n) is 5.26. The summed E-state index contributed by atoms with van der Waals surface area (Å²) >= 11 is 0. The van der Waals surface area contributed by atoms with Crippen molar-refractivity contribution in [3.8, 4) is 17.2 Å². The van der Waals surface area contributed by atoms with Crippen molar-refractivity contribution in [3.63, 3.8) is 0 Å². The maximum Gasteiger partial charge on any atom is 0.408 e. The molecule has 3 aromatic rings. The maximum absolute atomic E-state index is 13.0. The average Bonchev–Trinajstić information content (AvgIpc) is 3.30. The van der Waals surface area contributed by atoms with E-state index in [1.54, 1.807) is 27.1 Å². The predicted molar refractivity (Wildman–Crippen MR) is 108 cm³/mol. The first-order valence-electron chi connectivity index (χ1n) is 10.1. The fourth-order valence-corrected chi connectivity index (χ4v) is 3.86. The van der Waals surface area contributed by atoms with Crippen molar-refractivity contribution < 1.29 is 18.8 Å². The first kappa shape index (κ1) is 19.3. The normalized spacial score (nSPS) is 17.2. The van der Waals surface area contributed by atoms with Crippen molar-refractivity contribution >= 4 is 12.0 Å². The van der Waals surface area contributed by atoms with E-state index in [0.717, 1.165) is 17.8 Å². The maximum atomic E-state index is 13.0. The van der Waals surface area contributed by atoms with Gasteiger partial charge in [0.1, 0.15) is 24.2 Å². The summed E-state index contributed by atoms with van der Waals surface area (Å²) in [5.74, 6) is 0.559. The van der Waals surface area contributed by atoms with Crippen LogP contribution in [-0.2, 0) is 11.3 Å². The lowest BCUT2D eigenvalue weighted by Crippen LogP contribution is -2.44. The van der Waals surface area contributed by atoms with Gasteiger partial charge in [-0.2, -0.15) is 4.98 Å². The fourth-order valence-electron chi connectivity index (χ4n) is 3.86. The van der Waals surface area contributed by atoms with Crippen molar-refractivity contribution in [3.05, 3.63) is 47.7 Å². The average molecular weight is 422 g/mol. The Balaban J connectivity index is 1.44. The molecule has 10 heteroatoms. The van der Waals surface area contributed by atoms with Gasteiger partial charge in [0.2, 0.25) is 11.7 Å². The number of hydrogen-bond donors (Lipinski definition) is 1. The Kier molecular flexibility index (Phi) is 4.31. The lowest BCUT2D eigenvalue weighted by atomic mass is 9.97. The van der Waals surface area contributed by atoms with Crippen LogP contribution in [0.25, 0.3) is 17.2 Å². The Morgan fingerprint density at radius 1 is 1.32 bits per heavy atom. The van der Waals surface area contributed by atoms with Gasteiger partial charge < -0.3 is 19.5 Å². The van der Waals surface area contributed by atoms with Gasteiger partial charge in [-0.3, -0.25) is 9.36 Å². The van der Waals surface area contributed by atoms with E-state index < -0.39 is 11.7 Å². The molecular weight excluding hydrogens is 400 g/mol. The molecule has 0 bridgehead atoms. The van der Waals surface area contributed by atoms with Crippen LogP contribution in [-0.4, -0.2) is 48.7 Å². The number of ether oxygens (including phenoxy) is 1. The molecule has 2 amide bonds. The molecule has 1 fully saturated rings. The quantitative estimate of drug-likeness (QED) is 0.690. The molecule has 1 aromatic carbocycles. The number of rotatable bonds is 3. The van der Waals surface area contributed by atoms with Crippen LogP contribution in [0.1, 0.15) is 55.2 Å².